The summed E-state index contributed by atoms with van der Waals surface area (Å²) in [5.41, 5.74) is -0.850. The van der Waals surface area contributed by atoms with E-state index in [9.17, 15) is 8.78 Å². The molecule has 1 aromatic rings. The molecule has 0 saturated heterocycles. The van der Waals surface area contributed by atoms with Gasteiger partial charge in [0.15, 0.2) is 6.71 Å². The van der Waals surface area contributed by atoms with Crippen molar-refractivity contribution < 1.29 is 8.78 Å². The number of hydrogen-bond donors (Lipinski definition) is 0. The zero-order chi connectivity index (χ0) is 12.5. The van der Waals surface area contributed by atoms with E-state index in [1.807, 2.05) is 19.0 Å². The van der Waals surface area contributed by atoms with Crippen molar-refractivity contribution in [3.63, 3.8) is 0 Å². The lowest BCUT2D eigenvalue weighted by Gasteiger charge is -2.31. The van der Waals surface area contributed by atoms with Crippen LogP contribution in [0.5, 0.6) is 0 Å². The minimum atomic E-state index is -1.42. The first-order valence-electron chi connectivity index (χ1n) is 5.82. The van der Waals surface area contributed by atoms with E-state index < -0.39 is 5.67 Å². The molecule has 1 aliphatic carbocycles. The predicted molar refractivity (Wildman–Crippen MR) is 69.2 cm³/mol. The molecule has 0 aromatic heterocycles. The molecule has 0 bridgehead atoms. The molecule has 0 nitrogen and oxygen atoms in total. The zero-order valence-electron chi connectivity index (χ0n) is 10.0. The average Bonchev–Trinajstić information content (AvgIpc) is 2.28. The van der Waals surface area contributed by atoms with Crippen molar-refractivity contribution in [1.82, 2.24) is 0 Å². The molecular weight excluding hydrogens is 217 g/mol. The van der Waals surface area contributed by atoms with Crippen molar-refractivity contribution in [3.8, 4) is 0 Å². The van der Waals surface area contributed by atoms with Gasteiger partial charge in [-0.2, -0.15) is 0 Å². The second-order valence-electron chi connectivity index (χ2n) is 4.73. The van der Waals surface area contributed by atoms with Crippen LogP contribution in [0.4, 0.5) is 8.78 Å². The predicted octanol–water partition coefficient (Wildman–Crippen LogP) is 3.38. The number of halogens is 2. The molecule has 1 aromatic carbocycles. The van der Waals surface area contributed by atoms with Crippen molar-refractivity contribution in [2.45, 2.75) is 25.2 Å². The maximum absolute atomic E-state index is 14.3. The fourth-order valence-corrected chi connectivity index (χ4v) is 2.42. The molecule has 0 spiro atoms. The molecule has 2 unspecified atom stereocenters. The maximum Gasteiger partial charge on any atom is 0.187 e. The summed E-state index contributed by atoms with van der Waals surface area (Å²) >= 11 is 0. The quantitative estimate of drug-likeness (QED) is 0.685. The summed E-state index contributed by atoms with van der Waals surface area (Å²) in [5.74, 6) is -0.594. The lowest BCUT2D eigenvalue weighted by atomic mass is 9.35. The third-order valence-corrected chi connectivity index (χ3v) is 3.44. The highest BCUT2D eigenvalue weighted by molar-refractivity contribution is 6.74. The van der Waals surface area contributed by atoms with Gasteiger partial charge in [-0.25, -0.2) is 8.78 Å². The Balaban J connectivity index is 2.32. The molecule has 0 heterocycles. The summed E-state index contributed by atoms with van der Waals surface area (Å²) in [6, 6.07) is 6.58. The van der Waals surface area contributed by atoms with Crippen molar-refractivity contribution in [1.29, 1.82) is 0 Å². The summed E-state index contributed by atoms with van der Waals surface area (Å²) in [6.45, 7) is 3.21. The van der Waals surface area contributed by atoms with Crippen LogP contribution in [-0.2, 0) is 0 Å². The highest BCUT2D eigenvalue weighted by Crippen LogP contribution is 2.35. The van der Waals surface area contributed by atoms with Crippen LogP contribution in [0.3, 0.4) is 0 Å². The van der Waals surface area contributed by atoms with Crippen LogP contribution in [0.1, 0.15) is 6.92 Å². The van der Waals surface area contributed by atoms with Gasteiger partial charge >= 0.3 is 0 Å². The van der Waals surface area contributed by atoms with Gasteiger partial charge < -0.3 is 0 Å². The molecule has 0 saturated carbocycles. The van der Waals surface area contributed by atoms with Crippen molar-refractivity contribution >= 4 is 12.2 Å². The molecule has 2 rings (SSSR count). The van der Waals surface area contributed by atoms with E-state index in [-0.39, 0.29) is 18.3 Å². The van der Waals surface area contributed by atoms with Crippen LogP contribution in [0.25, 0.3) is 0 Å². The van der Waals surface area contributed by atoms with E-state index in [2.05, 4.69) is 0 Å². The highest BCUT2D eigenvalue weighted by Gasteiger charge is 2.38. The van der Waals surface area contributed by atoms with Gasteiger partial charge in [-0.15, -0.1) is 0 Å². The Morgan fingerprint density at radius 1 is 1.24 bits per heavy atom. The second kappa shape index (κ2) is 4.48. The van der Waals surface area contributed by atoms with Gasteiger partial charge in [-0.1, -0.05) is 43.3 Å². The average molecular weight is 232 g/mol. The Morgan fingerprint density at radius 3 is 2.59 bits per heavy atom. The minimum absolute atomic E-state index is 0.188. The topological polar surface area (TPSA) is 0 Å². The smallest absolute Gasteiger partial charge is 0.187 e. The summed E-state index contributed by atoms with van der Waals surface area (Å²) < 4.78 is 28.0. The SMILES string of the molecule is CB(c1ccccc1F)C1C=CC=CC1(C)F. The first-order valence-corrected chi connectivity index (χ1v) is 5.82. The van der Waals surface area contributed by atoms with Gasteiger partial charge in [0, 0.05) is 0 Å². The molecule has 0 N–H and O–H groups in total. The van der Waals surface area contributed by atoms with Crippen LogP contribution >= 0.6 is 0 Å². The third-order valence-electron chi connectivity index (χ3n) is 3.44. The molecule has 0 fully saturated rings. The van der Waals surface area contributed by atoms with Crippen LogP contribution in [-0.4, -0.2) is 12.4 Å². The van der Waals surface area contributed by atoms with Gasteiger partial charge in [0.25, 0.3) is 0 Å². The van der Waals surface area contributed by atoms with E-state index >= 15 is 0 Å². The van der Waals surface area contributed by atoms with E-state index in [1.54, 1.807) is 24.3 Å². The fourth-order valence-electron chi connectivity index (χ4n) is 2.42. The molecular formula is C14H15BF2. The first kappa shape index (κ1) is 12.1. The van der Waals surface area contributed by atoms with Crippen LogP contribution in [0, 0.1) is 5.82 Å². The monoisotopic (exact) mass is 232 g/mol. The molecule has 3 heteroatoms. The normalized spacial score (nSPS) is 27.2. The van der Waals surface area contributed by atoms with Gasteiger partial charge in [-0.3, -0.25) is 0 Å². The molecule has 2 atom stereocenters. The van der Waals surface area contributed by atoms with Crippen molar-refractivity contribution in [3.05, 3.63) is 54.4 Å². The van der Waals surface area contributed by atoms with Crippen molar-refractivity contribution in [2.24, 2.45) is 0 Å². The largest absolute Gasteiger partial charge is 0.240 e. The summed E-state index contributed by atoms with van der Waals surface area (Å²) in [7, 11) is 0. The molecule has 1 aliphatic rings. The number of allylic oxidation sites excluding steroid dienone is 4. The standard InChI is InChI=1S/C14H15BF2/c1-14(17)10-6-5-9-13(14)15(2)11-7-3-4-8-12(11)16/h3-10,13H,1-2H3. The van der Waals surface area contributed by atoms with Gasteiger partial charge in [0.05, 0.1) is 0 Å². The van der Waals surface area contributed by atoms with Gasteiger partial charge in [0.1, 0.15) is 11.5 Å². The minimum Gasteiger partial charge on any atom is -0.240 e. The molecule has 0 aliphatic heterocycles. The molecule has 88 valence electrons. The van der Waals surface area contributed by atoms with Crippen LogP contribution in [0.15, 0.2) is 48.6 Å². The Hall–Kier alpha value is -1.38. The Labute approximate surface area is 101 Å². The summed E-state index contributed by atoms with van der Waals surface area (Å²) in [4.78, 5) is 0. The molecule has 17 heavy (non-hydrogen) atoms. The number of hydrogen-bond acceptors (Lipinski definition) is 0. The van der Waals surface area contributed by atoms with E-state index in [4.69, 9.17) is 0 Å². The third kappa shape index (κ3) is 2.33. The van der Waals surface area contributed by atoms with E-state index in [1.165, 1.54) is 19.1 Å². The summed E-state index contributed by atoms with van der Waals surface area (Å²) in [6.07, 6.45) is 6.88. The summed E-state index contributed by atoms with van der Waals surface area (Å²) in [5, 5.41) is 0. The van der Waals surface area contributed by atoms with Gasteiger partial charge in [0.2, 0.25) is 0 Å². The van der Waals surface area contributed by atoms with Crippen LogP contribution < -0.4 is 5.46 Å². The molecule has 0 radical (unpaired) electrons. The van der Waals surface area contributed by atoms with Crippen molar-refractivity contribution in [2.75, 3.05) is 0 Å². The lowest BCUT2D eigenvalue weighted by molar-refractivity contribution is 0.258. The van der Waals surface area contributed by atoms with E-state index in [0.29, 0.717) is 5.46 Å². The Morgan fingerprint density at radius 2 is 1.94 bits per heavy atom. The maximum atomic E-state index is 14.3. The Kier molecular flexibility index (Phi) is 3.18. The number of alkyl halides is 1. The van der Waals surface area contributed by atoms with Gasteiger partial charge in [-0.05, 0) is 30.3 Å². The highest BCUT2D eigenvalue weighted by atomic mass is 19.1. The van der Waals surface area contributed by atoms with E-state index in [0.717, 1.165) is 0 Å². The lowest BCUT2D eigenvalue weighted by Crippen LogP contribution is -2.42. The number of rotatable bonds is 2. The second-order valence-corrected chi connectivity index (χ2v) is 4.73. The first-order chi connectivity index (χ1) is 8.02. The number of benzene rings is 1. The Bertz CT molecular complexity index is 463. The molecule has 0 amide bonds. The fraction of sp³-hybridized carbons (Fsp3) is 0.286. The zero-order valence-corrected chi connectivity index (χ0v) is 10.0. The van der Waals surface area contributed by atoms with Crippen LogP contribution in [0.2, 0.25) is 12.6 Å².